The Morgan fingerprint density at radius 1 is 1.19 bits per heavy atom. The average Bonchev–Trinajstić information content (AvgIpc) is 2.59. The molecule has 0 aliphatic carbocycles. The zero-order valence-electron chi connectivity index (χ0n) is 9.74. The first-order valence-electron chi connectivity index (χ1n) is 5.37. The van der Waals surface area contributed by atoms with Gasteiger partial charge in [0, 0.05) is 12.6 Å². The van der Waals surface area contributed by atoms with Crippen molar-refractivity contribution in [1.82, 2.24) is 9.78 Å². The molecule has 84 valence electrons. The van der Waals surface area contributed by atoms with Crippen molar-refractivity contribution < 1.29 is 0 Å². The van der Waals surface area contributed by atoms with Gasteiger partial charge in [0.05, 0.1) is 16.4 Å². The molecule has 0 saturated carbocycles. The molecule has 0 radical (unpaired) electrons. The zero-order chi connectivity index (χ0) is 11.7. The van der Waals surface area contributed by atoms with E-state index in [2.05, 4.69) is 59.1 Å². The van der Waals surface area contributed by atoms with Crippen LogP contribution in [-0.4, -0.2) is 9.78 Å². The van der Waals surface area contributed by atoms with Crippen LogP contribution in [0.2, 0.25) is 0 Å². The largest absolute Gasteiger partial charge is 0.267 e. The summed E-state index contributed by atoms with van der Waals surface area (Å²) in [4.78, 5) is 0. The third-order valence-electron chi connectivity index (χ3n) is 2.74. The lowest BCUT2D eigenvalue weighted by atomic mass is 10.0. The summed E-state index contributed by atoms with van der Waals surface area (Å²) in [6.45, 7) is 4.41. The smallest absolute Gasteiger partial charge is 0.0821 e. The molecular weight excluding hydrogens is 264 g/mol. The van der Waals surface area contributed by atoms with Gasteiger partial charge in [-0.3, -0.25) is 4.68 Å². The van der Waals surface area contributed by atoms with Gasteiger partial charge in [0.1, 0.15) is 0 Å². The predicted octanol–water partition coefficient (Wildman–Crippen LogP) is 3.97. The van der Waals surface area contributed by atoms with E-state index in [0.29, 0.717) is 5.92 Å². The Balaban J connectivity index is 2.42. The van der Waals surface area contributed by atoms with Crippen molar-refractivity contribution in [3.05, 3.63) is 40.5 Å². The number of nitrogens with zero attached hydrogens (tertiary/aromatic N) is 2. The number of hydrogen-bond donors (Lipinski definition) is 0. The molecule has 2 rings (SSSR count). The summed E-state index contributed by atoms with van der Waals surface area (Å²) in [6, 6.07) is 8.66. The minimum absolute atomic E-state index is 0.573. The second kappa shape index (κ2) is 4.42. The van der Waals surface area contributed by atoms with E-state index in [1.165, 1.54) is 11.1 Å². The number of hydrogen-bond acceptors (Lipinski definition) is 1. The van der Waals surface area contributed by atoms with Crippen molar-refractivity contribution >= 4 is 15.9 Å². The normalized spacial score (nSPS) is 11.1. The van der Waals surface area contributed by atoms with Crippen molar-refractivity contribution in [3.8, 4) is 11.3 Å². The number of benzene rings is 1. The Kier molecular flexibility index (Phi) is 3.15. The molecule has 1 aromatic carbocycles. The lowest BCUT2D eigenvalue weighted by Gasteiger charge is -2.07. The first-order chi connectivity index (χ1) is 7.59. The lowest BCUT2D eigenvalue weighted by Crippen LogP contribution is -1.94. The van der Waals surface area contributed by atoms with Crippen LogP contribution in [0, 0.1) is 0 Å². The van der Waals surface area contributed by atoms with E-state index in [0.717, 1.165) is 10.2 Å². The van der Waals surface area contributed by atoms with Gasteiger partial charge in [-0.05, 0) is 27.4 Å². The number of aromatic nitrogens is 2. The van der Waals surface area contributed by atoms with Gasteiger partial charge >= 0.3 is 0 Å². The summed E-state index contributed by atoms with van der Waals surface area (Å²) in [7, 11) is 1.95. The Morgan fingerprint density at radius 3 is 2.25 bits per heavy atom. The number of aryl methyl sites for hydroxylation is 1. The summed E-state index contributed by atoms with van der Waals surface area (Å²) >= 11 is 3.52. The van der Waals surface area contributed by atoms with Gasteiger partial charge in [-0.25, -0.2) is 0 Å². The second-order valence-corrected chi connectivity index (χ2v) is 5.10. The molecule has 2 aromatic rings. The maximum atomic E-state index is 4.22. The molecule has 0 unspecified atom stereocenters. The second-order valence-electron chi connectivity index (χ2n) is 4.24. The maximum absolute atomic E-state index is 4.22. The minimum atomic E-state index is 0.573. The highest BCUT2D eigenvalue weighted by Crippen LogP contribution is 2.28. The summed E-state index contributed by atoms with van der Waals surface area (Å²) in [5.41, 5.74) is 3.67. The third-order valence-corrected chi connectivity index (χ3v) is 3.33. The lowest BCUT2D eigenvalue weighted by molar-refractivity contribution is 0.775. The molecule has 3 heteroatoms. The van der Waals surface area contributed by atoms with Gasteiger partial charge in [-0.2, -0.15) is 5.10 Å². The molecule has 0 aliphatic heterocycles. The molecule has 0 atom stereocenters. The Hall–Kier alpha value is -1.09. The molecule has 0 N–H and O–H groups in total. The van der Waals surface area contributed by atoms with Crippen LogP contribution in [0.1, 0.15) is 25.3 Å². The van der Waals surface area contributed by atoms with Crippen molar-refractivity contribution in [1.29, 1.82) is 0 Å². The van der Waals surface area contributed by atoms with Crippen molar-refractivity contribution in [2.45, 2.75) is 19.8 Å². The van der Waals surface area contributed by atoms with Crippen LogP contribution in [0.25, 0.3) is 11.3 Å². The van der Waals surface area contributed by atoms with Crippen molar-refractivity contribution in [3.63, 3.8) is 0 Å². The highest BCUT2D eigenvalue weighted by atomic mass is 79.9. The Morgan fingerprint density at radius 2 is 1.81 bits per heavy atom. The fourth-order valence-corrected chi connectivity index (χ4v) is 2.34. The summed E-state index contributed by atoms with van der Waals surface area (Å²) in [5, 5.41) is 4.22. The van der Waals surface area contributed by atoms with Gasteiger partial charge in [0.2, 0.25) is 0 Å². The van der Waals surface area contributed by atoms with Gasteiger partial charge < -0.3 is 0 Å². The topological polar surface area (TPSA) is 17.8 Å². The van der Waals surface area contributed by atoms with Crippen LogP contribution >= 0.6 is 15.9 Å². The molecule has 1 aromatic heterocycles. The summed E-state index contributed by atoms with van der Waals surface area (Å²) < 4.78 is 2.92. The molecule has 0 amide bonds. The van der Waals surface area contributed by atoms with Crippen LogP contribution in [0.15, 0.2) is 34.9 Å². The Labute approximate surface area is 104 Å². The van der Waals surface area contributed by atoms with Crippen LogP contribution in [0.3, 0.4) is 0 Å². The molecule has 0 fully saturated rings. The molecule has 2 nitrogen and oxygen atoms in total. The number of rotatable bonds is 2. The van der Waals surface area contributed by atoms with Crippen molar-refractivity contribution in [2.75, 3.05) is 0 Å². The van der Waals surface area contributed by atoms with Gasteiger partial charge in [-0.15, -0.1) is 0 Å². The molecule has 0 spiro atoms. The van der Waals surface area contributed by atoms with Gasteiger partial charge in [0.15, 0.2) is 0 Å². The van der Waals surface area contributed by atoms with Crippen LogP contribution in [-0.2, 0) is 7.05 Å². The van der Waals surface area contributed by atoms with E-state index in [1.54, 1.807) is 0 Å². The molecule has 0 bridgehead atoms. The van der Waals surface area contributed by atoms with Gasteiger partial charge in [0.25, 0.3) is 0 Å². The zero-order valence-corrected chi connectivity index (χ0v) is 11.3. The van der Waals surface area contributed by atoms with E-state index in [-0.39, 0.29) is 0 Å². The van der Waals surface area contributed by atoms with E-state index in [1.807, 2.05) is 17.9 Å². The summed E-state index contributed by atoms with van der Waals surface area (Å²) in [6.07, 6.45) is 1.83. The SMILES string of the molecule is CC(C)c1ccc(-c2c(Br)cnn2C)cc1. The first kappa shape index (κ1) is 11.4. The first-order valence-corrected chi connectivity index (χ1v) is 6.16. The fourth-order valence-electron chi connectivity index (χ4n) is 1.76. The van der Waals surface area contributed by atoms with Gasteiger partial charge in [-0.1, -0.05) is 38.1 Å². The van der Waals surface area contributed by atoms with E-state index in [9.17, 15) is 0 Å². The van der Waals surface area contributed by atoms with Crippen molar-refractivity contribution in [2.24, 2.45) is 7.05 Å². The molecular formula is C13H15BrN2. The molecule has 0 aliphatic rings. The monoisotopic (exact) mass is 278 g/mol. The Bertz CT molecular complexity index is 464. The van der Waals surface area contributed by atoms with Crippen LogP contribution in [0.4, 0.5) is 0 Å². The summed E-state index contributed by atoms with van der Waals surface area (Å²) in [5.74, 6) is 0.573. The fraction of sp³-hybridized carbons (Fsp3) is 0.308. The standard InChI is InChI=1S/C13H15BrN2/c1-9(2)10-4-6-11(7-5-10)13-12(14)8-15-16(13)3/h4-9H,1-3H3. The quantitative estimate of drug-likeness (QED) is 0.813. The van der Waals surface area contributed by atoms with Crippen LogP contribution in [0.5, 0.6) is 0 Å². The van der Waals surface area contributed by atoms with E-state index >= 15 is 0 Å². The van der Waals surface area contributed by atoms with E-state index in [4.69, 9.17) is 0 Å². The highest BCUT2D eigenvalue weighted by molar-refractivity contribution is 9.10. The number of halogens is 1. The highest BCUT2D eigenvalue weighted by Gasteiger charge is 2.08. The van der Waals surface area contributed by atoms with Crippen LogP contribution < -0.4 is 0 Å². The maximum Gasteiger partial charge on any atom is 0.0821 e. The molecule has 0 saturated heterocycles. The van der Waals surface area contributed by atoms with E-state index < -0.39 is 0 Å². The molecule has 1 heterocycles. The molecule has 16 heavy (non-hydrogen) atoms. The predicted molar refractivity (Wildman–Crippen MR) is 70.4 cm³/mol. The average molecular weight is 279 g/mol. The minimum Gasteiger partial charge on any atom is -0.267 e. The third kappa shape index (κ3) is 2.05.